The van der Waals surface area contributed by atoms with Gasteiger partial charge in [-0.15, -0.1) is 10.2 Å². The van der Waals surface area contributed by atoms with Gasteiger partial charge < -0.3 is 15.2 Å². The van der Waals surface area contributed by atoms with Crippen molar-refractivity contribution in [1.82, 2.24) is 19.7 Å². The molecule has 0 saturated carbocycles. The summed E-state index contributed by atoms with van der Waals surface area (Å²) in [6.45, 7) is 0.171. The van der Waals surface area contributed by atoms with Gasteiger partial charge in [-0.2, -0.15) is 13.2 Å². The van der Waals surface area contributed by atoms with Gasteiger partial charge in [0.2, 0.25) is 11.7 Å². The lowest BCUT2D eigenvalue weighted by Gasteiger charge is -2.28. The Labute approximate surface area is 152 Å². The second kappa shape index (κ2) is 6.29. The van der Waals surface area contributed by atoms with Crippen LogP contribution in [0.2, 0.25) is 0 Å². The van der Waals surface area contributed by atoms with Crippen LogP contribution in [0.1, 0.15) is 42.1 Å². The largest absolute Gasteiger partial charge is 0.451 e. The number of alkyl halides is 3. The van der Waals surface area contributed by atoms with Crippen molar-refractivity contribution in [2.24, 2.45) is 5.73 Å². The third kappa shape index (κ3) is 3.07. The monoisotopic (exact) mass is 383 g/mol. The number of fused-ring (bicyclic) bond motifs is 5. The first kappa shape index (κ1) is 17.9. The fourth-order valence-corrected chi connectivity index (χ4v) is 3.97. The molecular weight excluding hydrogens is 366 g/mol. The summed E-state index contributed by atoms with van der Waals surface area (Å²) in [5.41, 5.74) is 6.43. The molecule has 10 heteroatoms. The molecule has 1 amide bonds. The van der Waals surface area contributed by atoms with Gasteiger partial charge in [0, 0.05) is 19.0 Å². The number of nitrogens with two attached hydrogens (primary N) is 1. The number of hydrogen-bond donors (Lipinski definition) is 1. The number of halogens is 4. The van der Waals surface area contributed by atoms with Crippen molar-refractivity contribution in [2.45, 2.75) is 43.6 Å². The Morgan fingerprint density at radius 2 is 2.04 bits per heavy atom. The highest BCUT2D eigenvalue weighted by molar-refractivity contribution is 5.78. The molecule has 4 rings (SSSR count). The van der Waals surface area contributed by atoms with Crippen molar-refractivity contribution < 1.29 is 22.4 Å². The zero-order valence-electron chi connectivity index (χ0n) is 14.2. The number of likely N-dealkylation sites (tertiary alicyclic amines) is 1. The molecule has 1 aromatic heterocycles. The molecule has 6 nitrogen and oxygen atoms in total. The Morgan fingerprint density at radius 3 is 2.74 bits per heavy atom. The molecule has 2 aromatic rings. The average Bonchev–Trinajstić information content (AvgIpc) is 3.27. The molecule has 2 bridgehead atoms. The van der Waals surface area contributed by atoms with Gasteiger partial charge in [-0.25, -0.2) is 4.39 Å². The number of benzene rings is 1. The molecule has 0 radical (unpaired) electrons. The molecule has 1 fully saturated rings. The maximum absolute atomic E-state index is 13.7. The van der Waals surface area contributed by atoms with Crippen molar-refractivity contribution in [1.29, 1.82) is 0 Å². The standard InChI is InChI=1S/C17H17F4N5O/c18-12-4-2-1-3-9(12)5-10(22)6-14(27)25-8-11-7-13(25)15-23-24-16(26(11)15)17(19,20)21/h1-4,10-11,13H,5-8,22H2. The van der Waals surface area contributed by atoms with Gasteiger partial charge in [0.05, 0.1) is 12.1 Å². The van der Waals surface area contributed by atoms with Crippen LogP contribution in [-0.2, 0) is 17.4 Å². The van der Waals surface area contributed by atoms with Gasteiger partial charge in [0.15, 0.2) is 5.82 Å². The lowest BCUT2D eigenvalue weighted by atomic mass is 10.0. The van der Waals surface area contributed by atoms with Crippen LogP contribution in [0.3, 0.4) is 0 Å². The summed E-state index contributed by atoms with van der Waals surface area (Å²) in [7, 11) is 0. The van der Waals surface area contributed by atoms with E-state index in [2.05, 4.69) is 10.2 Å². The zero-order valence-corrected chi connectivity index (χ0v) is 14.2. The van der Waals surface area contributed by atoms with Crippen molar-refractivity contribution in [3.8, 4) is 0 Å². The van der Waals surface area contributed by atoms with Crippen LogP contribution in [0.15, 0.2) is 24.3 Å². The second-order valence-corrected chi connectivity index (χ2v) is 6.96. The van der Waals surface area contributed by atoms with Crippen LogP contribution >= 0.6 is 0 Å². The van der Waals surface area contributed by atoms with E-state index in [-0.39, 0.29) is 36.9 Å². The van der Waals surface area contributed by atoms with Gasteiger partial charge in [-0.3, -0.25) is 4.79 Å². The highest BCUT2D eigenvalue weighted by Gasteiger charge is 2.51. The Balaban J connectivity index is 1.44. The SMILES string of the molecule is NC(CC(=O)N1CC2CC1c1nnc(C(F)(F)F)n12)Cc1ccccc1F. The van der Waals surface area contributed by atoms with E-state index < -0.39 is 30.1 Å². The second-order valence-electron chi connectivity index (χ2n) is 6.96. The molecule has 3 atom stereocenters. The molecule has 3 heterocycles. The number of amides is 1. The third-order valence-electron chi connectivity index (χ3n) is 5.12. The van der Waals surface area contributed by atoms with Crippen molar-refractivity contribution in [3.05, 3.63) is 47.3 Å². The molecule has 144 valence electrons. The predicted octanol–water partition coefficient (Wildman–Crippen LogP) is 2.22. The molecule has 2 N–H and O–H groups in total. The average molecular weight is 383 g/mol. The summed E-state index contributed by atoms with van der Waals surface area (Å²) >= 11 is 0. The first-order valence-electron chi connectivity index (χ1n) is 8.56. The Morgan fingerprint density at radius 1 is 1.30 bits per heavy atom. The van der Waals surface area contributed by atoms with Crippen molar-refractivity contribution in [3.63, 3.8) is 0 Å². The molecule has 27 heavy (non-hydrogen) atoms. The highest BCUT2D eigenvalue weighted by Crippen LogP contribution is 2.47. The minimum atomic E-state index is -4.58. The van der Waals surface area contributed by atoms with E-state index in [0.717, 1.165) is 4.57 Å². The summed E-state index contributed by atoms with van der Waals surface area (Å²) in [6.07, 6.45) is -4.00. The minimum Gasteiger partial charge on any atom is -0.330 e. The molecule has 2 aliphatic rings. The lowest BCUT2D eigenvalue weighted by Crippen LogP contribution is -2.39. The van der Waals surface area contributed by atoms with Gasteiger partial charge in [0.1, 0.15) is 5.82 Å². The molecule has 0 spiro atoms. The number of hydrogen-bond acceptors (Lipinski definition) is 4. The number of aromatic nitrogens is 3. The van der Waals surface area contributed by atoms with Crippen molar-refractivity contribution >= 4 is 5.91 Å². The van der Waals surface area contributed by atoms with Gasteiger partial charge in [-0.1, -0.05) is 18.2 Å². The van der Waals surface area contributed by atoms with Crippen LogP contribution in [0.4, 0.5) is 17.6 Å². The number of nitrogens with zero attached hydrogens (tertiary/aromatic N) is 4. The maximum atomic E-state index is 13.7. The van der Waals surface area contributed by atoms with E-state index in [4.69, 9.17) is 5.73 Å². The normalized spacial score (nSPS) is 22.2. The van der Waals surface area contributed by atoms with E-state index in [0.29, 0.717) is 12.0 Å². The molecule has 1 saturated heterocycles. The Hall–Kier alpha value is -2.49. The van der Waals surface area contributed by atoms with Crippen LogP contribution < -0.4 is 5.73 Å². The zero-order chi connectivity index (χ0) is 19.3. The number of carbonyl (C=O) groups excluding carboxylic acids is 1. The predicted molar refractivity (Wildman–Crippen MR) is 85.8 cm³/mol. The summed E-state index contributed by atoms with van der Waals surface area (Å²) < 4.78 is 53.9. The van der Waals surface area contributed by atoms with Crippen molar-refractivity contribution in [2.75, 3.05) is 6.54 Å². The van der Waals surface area contributed by atoms with E-state index in [9.17, 15) is 22.4 Å². The Bertz CT molecular complexity index is 880. The van der Waals surface area contributed by atoms with Gasteiger partial charge >= 0.3 is 6.18 Å². The van der Waals surface area contributed by atoms with E-state index in [1.165, 1.54) is 11.0 Å². The first-order chi connectivity index (χ1) is 12.8. The number of rotatable bonds is 4. The van der Waals surface area contributed by atoms with E-state index in [1.54, 1.807) is 18.2 Å². The first-order valence-corrected chi connectivity index (χ1v) is 8.56. The third-order valence-corrected chi connectivity index (χ3v) is 5.12. The Kier molecular flexibility index (Phi) is 4.17. The van der Waals surface area contributed by atoms with Crippen LogP contribution in [0, 0.1) is 5.82 Å². The molecule has 0 aliphatic carbocycles. The lowest BCUT2D eigenvalue weighted by molar-refractivity contribution is -0.148. The van der Waals surface area contributed by atoms with E-state index in [1.807, 2.05) is 0 Å². The summed E-state index contributed by atoms with van der Waals surface area (Å²) in [4.78, 5) is 14.1. The van der Waals surface area contributed by atoms with Gasteiger partial charge in [-0.05, 0) is 24.5 Å². The minimum absolute atomic E-state index is 0.0161. The van der Waals surface area contributed by atoms with Crippen LogP contribution in [0.25, 0.3) is 0 Å². The van der Waals surface area contributed by atoms with E-state index >= 15 is 0 Å². The molecule has 2 aliphatic heterocycles. The smallest absolute Gasteiger partial charge is 0.330 e. The molecular formula is C17H17F4N5O. The summed E-state index contributed by atoms with van der Waals surface area (Å²) in [5, 5.41) is 6.91. The van der Waals surface area contributed by atoms with Gasteiger partial charge in [0.25, 0.3) is 0 Å². The fraction of sp³-hybridized carbons (Fsp3) is 0.471. The maximum Gasteiger partial charge on any atom is 0.451 e. The number of carbonyl (C=O) groups is 1. The quantitative estimate of drug-likeness (QED) is 0.822. The molecule has 3 unspecified atom stereocenters. The summed E-state index contributed by atoms with van der Waals surface area (Å²) in [6, 6.07) is 4.61. The van der Waals surface area contributed by atoms with Crippen LogP contribution in [0.5, 0.6) is 0 Å². The molecule has 1 aromatic carbocycles. The fourth-order valence-electron chi connectivity index (χ4n) is 3.97. The topological polar surface area (TPSA) is 77.0 Å². The summed E-state index contributed by atoms with van der Waals surface area (Å²) in [5.74, 6) is -1.51. The van der Waals surface area contributed by atoms with Crippen LogP contribution in [-0.4, -0.2) is 38.2 Å². The highest BCUT2D eigenvalue weighted by atomic mass is 19.4.